The van der Waals surface area contributed by atoms with Crippen molar-refractivity contribution in [2.45, 2.75) is 50.4 Å². The van der Waals surface area contributed by atoms with Crippen LogP contribution in [0.4, 0.5) is 5.82 Å². The third kappa shape index (κ3) is 4.24. The summed E-state index contributed by atoms with van der Waals surface area (Å²) in [7, 11) is 0. The Morgan fingerprint density at radius 1 is 1.00 bits per heavy atom. The first kappa shape index (κ1) is 23.0. The van der Waals surface area contributed by atoms with Gasteiger partial charge in [-0.2, -0.15) is 0 Å². The number of amides is 1. The second kappa shape index (κ2) is 9.49. The first-order valence-electron chi connectivity index (χ1n) is 12.9. The van der Waals surface area contributed by atoms with Crippen molar-refractivity contribution in [3.63, 3.8) is 0 Å². The Labute approximate surface area is 202 Å². The molecule has 3 atom stereocenters. The number of fused-ring (bicyclic) bond motifs is 3. The van der Waals surface area contributed by atoms with Gasteiger partial charge < -0.3 is 19.7 Å². The van der Waals surface area contributed by atoms with Gasteiger partial charge in [-0.25, -0.2) is 4.98 Å². The lowest BCUT2D eigenvalue weighted by atomic mass is 9.57. The fourth-order valence-electron chi connectivity index (χ4n) is 7.37. The number of aliphatic carboxylic acids is 1. The summed E-state index contributed by atoms with van der Waals surface area (Å²) in [4.78, 5) is 30.2. The summed E-state index contributed by atoms with van der Waals surface area (Å²) in [6, 6.07) is 15.3. The lowest BCUT2D eigenvalue weighted by molar-refractivity contribution is -0.940. The number of hydrogen-bond acceptors (Lipinski definition) is 4. The second-order valence-corrected chi connectivity index (χ2v) is 10.7. The van der Waals surface area contributed by atoms with E-state index < -0.39 is 11.4 Å². The van der Waals surface area contributed by atoms with Crippen LogP contribution < -0.4 is 10.4 Å². The van der Waals surface area contributed by atoms with E-state index in [9.17, 15) is 14.7 Å². The summed E-state index contributed by atoms with van der Waals surface area (Å²) in [6.07, 6.45) is 8.44. The number of benzene rings is 1. The van der Waals surface area contributed by atoms with Gasteiger partial charge in [0, 0.05) is 30.4 Å². The van der Waals surface area contributed by atoms with E-state index in [-0.39, 0.29) is 11.8 Å². The summed E-state index contributed by atoms with van der Waals surface area (Å²) in [5, 5.41) is 15.9. The zero-order valence-corrected chi connectivity index (χ0v) is 19.8. The fraction of sp³-hybridized carbons (Fsp3) is 0.536. The Morgan fingerprint density at radius 2 is 1.76 bits per heavy atom. The molecule has 180 valence electrons. The highest BCUT2D eigenvalue weighted by molar-refractivity contribution is 5.90. The number of nitrogens with zero attached hydrogens (tertiary/aromatic N) is 2. The molecule has 4 heterocycles. The van der Waals surface area contributed by atoms with Crippen LogP contribution in [0.25, 0.3) is 0 Å². The molecule has 1 aliphatic carbocycles. The quantitative estimate of drug-likeness (QED) is 0.529. The largest absolute Gasteiger partial charge is 0.549 e. The van der Waals surface area contributed by atoms with Gasteiger partial charge >= 0.3 is 0 Å². The third-order valence-corrected chi connectivity index (χ3v) is 8.95. The average molecular weight is 462 g/mol. The molecule has 2 unspecified atom stereocenters. The maximum atomic E-state index is 13.0. The number of carbonyl (C=O) groups excluding carboxylic acids is 2. The highest BCUT2D eigenvalue weighted by Crippen LogP contribution is 2.52. The van der Waals surface area contributed by atoms with Gasteiger partial charge in [0.05, 0.1) is 25.6 Å². The van der Waals surface area contributed by atoms with Crippen molar-refractivity contribution in [3.8, 4) is 0 Å². The van der Waals surface area contributed by atoms with Crippen LogP contribution >= 0.6 is 0 Å². The second-order valence-electron chi connectivity index (χ2n) is 10.7. The minimum atomic E-state index is -0.943. The molecule has 3 aliphatic heterocycles. The molecule has 4 fully saturated rings. The van der Waals surface area contributed by atoms with Crippen LogP contribution in [0, 0.1) is 17.8 Å². The molecular formula is C28H35N3O3. The summed E-state index contributed by atoms with van der Waals surface area (Å²) >= 11 is 0. The van der Waals surface area contributed by atoms with Crippen molar-refractivity contribution in [3.05, 3.63) is 60.3 Å². The van der Waals surface area contributed by atoms with Crippen molar-refractivity contribution in [1.29, 1.82) is 0 Å². The number of hydrogen-bond donors (Lipinski definition) is 1. The Morgan fingerprint density at radius 3 is 2.47 bits per heavy atom. The van der Waals surface area contributed by atoms with Crippen LogP contribution in [-0.4, -0.2) is 47.5 Å². The number of carboxylic acids is 1. The molecule has 6 rings (SSSR count). The minimum absolute atomic E-state index is 0.00658. The van der Waals surface area contributed by atoms with Gasteiger partial charge in [-0.1, -0.05) is 55.7 Å². The zero-order chi connectivity index (χ0) is 23.6. The monoisotopic (exact) mass is 461 g/mol. The summed E-state index contributed by atoms with van der Waals surface area (Å²) in [5.41, 5.74) is -0.0425. The predicted octanol–water partition coefficient (Wildman–Crippen LogP) is 3.14. The van der Waals surface area contributed by atoms with Crippen molar-refractivity contribution in [2.24, 2.45) is 17.8 Å². The van der Waals surface area contributed by atoms with Gasteiger partial charge in [0.25, 0.3) is 5.91 Å². The molecule has 1 saturated carbocycles. The normalized spacial score (nSPS) is 33.1. The van der Waals surface area contributed by atoms with Gasteiger partial charge in [0.2, 0.25) is 0 Å². The number of carbonyl (C=O) groups is 2. The maximum absolute atomic E-state index is 13.0. The number of carboxylic acid groups (broad SMARTS) is 1. The first-order valence-corrected chi connectivity index (χ1v) is 12.9. The summed E-state index contributed by atoms with van der Waals surface area (Å²) in [6.45, 7) is 3.30. The molecular weight excluding hydrogens is 426 g/mol. The third-order valence-electron chi connectivity index (χ3n) is 8.95. The molecule has 4 aliphatic rings. The highest BCUT2D eigenvalue weighted by Gasteiger charge is 2.55. The number of aromatic nitrogens is 1. The molecule has 3 saturated heterocycles. The SMILES string of the molecule is O=C(C[N+]12CCC(CC1)[C@H](C1CCCCCC1(C(=O)[O-])c1ccccc1)C2)Nc1ccccn1. The lowest BCUT2D eigenvalue weighted by Crippen LogP contribution is -2.67. The number of rotatable bonds is 6. The molecule has 34 heavy (non-hydrogen) atoms. The van der Waals surface area contributed by atoms with Gasteiger partial charge in [-0.3, -0.25) is 4.79 Å². The molecule has 0 spiro atoms. The number of anilines is 1. The number of piperidine rings is 3. The van der Waals surface area contributed by atoms with Gasteiger partial charge in [-0.15, -0.1) is 0 Å². The summed E-state index contributed by atoms with van der Waals surface area (Å²) < 4.78 is 0.758. The molecule has 1 aromatic carbocycles. The van der Waals surface area contributed by atoms with Gasteiger partial charge in [0.15, 0.2) is 6.54 Å². The minimum Gasteiger partial charge on any atom is -0.549 e. The molecule has 1 N–H and O–H groups in total. The average Bonchev–Trinajstić information content (AvgIpc) is 3.09. The van der Waals surface area contributed by atoms with Crippen LogP contribution in [0.5, 0.6) is 0 Å². The molecule has 6 nitrogen and oxygen atoms in total. The van der Waals surface area contributed by atoms with Crippen molar-refractivity contribution < 1.29 is 19.2 Å². The smallest absolute Gasteiger partial charge is 0.280 e. The standard InChI is InChI=1S/C28H35N3O3/c32-26(30-25-12-6-8-16-29-25)20-31-17-13-21(14-18-31)23(19-31)24-11-5-2-7-15-28(24,27(33)34)22-9-3-1-4-10-22/h1,3-4,6,8-10,12,16,21,23-24H,2,5,7,11,13-15,17-20H2,(H-,29,30,32,33,34)/t21?,23-,24?,28?,31?/m1/s1. The van der Waals surface area contributed by atoms with Crippen LogP contribution in [0.2, 0.25) is 0 Å². The fourth-order valence-corrected chi connectivity index (χ4v) is 7.37. The molecule has 2 bridgehead atoms. The van der Waals surface area contributed by atoms with Crippen molar-refractivity contribution in [1.82, 2.24) is 4.98 Å². The Bertz CT molecular complexity index is 1000. The molecule has 6 heteroatoms. The molecule has 2 aromatic rings. The molecule has 0 radical (unpaired) electrons. The topological polar surface area (TPSA) is 82.1 Å². The van der Waals surface area contributed by atoms with E-state index in [4.69, 9.17) is 0 Å². The molecule has 1 amide bonds. The maximum Gasteiger partial charge on any atom is 0.280 e. The van der Waals surface area contributed by atoms with Crippen LogP contribution in [0.3, 0.4) is 0 Å². The van der Waals surface area contributed by atoms with Crippen molar-refractivity contribution in [2.75, 3.05) is 31.5 Å². The predicted molar refractivity (Wildman–Crippen MR) is 129 cm³/mol. The zero-order valence-electron chi connectivity index (χ0n) is 19.8. The Hall–Kier alpha value is -2.73. The highest BCUT2D eigenvalue weighted by atomic mass is 16.4. The van der Waals surface area contributed by atoms with Gasteiger partial charge in [0.1, 0.15) is 5.82 Å². The van der Waals surface area contributed by atoms with Crippen LogP contribution in [0.15, 0.2) is 54.7 Å². The van der Waals surface area contributed by atoms with E-state index in [2.05, 4.69) is 10.3 Å². The lowest BCUT2D eigenvalue weighted by Gasteiger charge is -2.57. The van der Waals surface area contributed by atoms with E-state index >= 15 is 0 Å². The first-order chi connectivity index (χ1) is 16.5. The van der Waals surface area contributed by atoms with Crippen LogP contribution in [-0.2, 0) is 15.0 Å². The Kier molecular flexibility index (Phi) is 6.43. The Balaban J connectivity index is 1.42. The van der Waals surface area contributed by atoms with Crippen molar-refractivity contribution >= 4 is 17.7 Å². The molecule has 1 aromatic heterocycles. The number of pyridine rings is 1. The van der Waals surface area contributed by atoms with E-state index in [0.29, 0.717) is 30.6 Å². The van der Waals surface area contributed by atoms with E-state index in [1.165, 1.54) is 0 Å². The van der Waals surface area contributed by atoms with Crippen LogP contribution in [0.1, 0.15) is 50.5 Å². The van der Waals surface area contributed by atoms with E-state index in [1.807, 2.05) is 48.5 Å². The number of quaternary nitrogens is 1. The van der Waals surface area contributed by atoms with Gasteiger partial charge in [-0.05, 0) is 42.4 Å². The summed E-state index contributed by atoms with van der Waals surface area (Å²) in [5.74, 6) is 0.530. The van der Waals surface area contributed by atoms with E-state index in [1.54, 1.807) is 6.20 Å². The van der Waals surface area contributed by atoms with E-state index in [0.717, 1.165) is 68.2 Å². The number of nitrogens with one attached hydrogen (secondary N) is 1.